The second-order valence-electron chi connectivity index (χ2n) is 6.17. The number of hydrogen-bond acceptors (Lipinski definition) is 4. The first-order valence-electron chi connectivity index (χ1n) is 8.51. The Labute approximate surface area is 152 Å². The number of rotatable bonds is 3. The van der Waals surface area contributed by atoms with Crippen LogP contribution in [-0.4, -0.2) is 36.1 Å². The molecule has 0 bridgehead atoms. The largest absolute Gasteiger partial charge is 0.491 e. The predicted octanol–water partition coefficient (Wildman–Crippen LogP) is 1.24. The van der Waals surface area contributed by atoms with E-state index in [0.717, 1.165) is 12.8 Å². The van der Waals surface area contributed by atoms with Crippen LogP contribution in [0.2, 0.25) is 0 Å². The standard InChI is InChI=1S/C17H22N4O3S/c22-15(19-20-17(25)18-12-5-1-2-6-12)11-21-13-7-3-4-8-14(13)24-10-9-16(21)23/h3-4,7-8,12H,1-2,5-6,9-11H2,(H,19,22)(H2,18,20,25). The summed E-state index contributed by atoms with van der Waals surface area (Å²) in [5.41, 5.74) is 5.86. The highest BCUT2D eigenvalue weighted by atomic mass is 32.1. The first-order chi connectivity index (χ1) is 12.1. The maximum Gasteiger partial charge on any atom is 0.258 e. The van der Waals surface area contributed by atoms with Crippen molar-refractivity contribution in [1.82, 2.24) is 16.2 Å². The summed E-state index contributed by atoms with van der Waals surface area (Å²) < 4.78 is 5.56. The van der Waals surface area contributed by atoms with Crippen molar-refractivity contribution in [2.75, 3.05) is 18.1 Å². The molecule has 1 aliphatic carbocycles. The van der Waals surface area contributed by atoms with Crippen LogP contribution < -0.4 is 25.8 Å². The van der Waals surface area contributed by atoms with E-state index in [0.29, 0.717) is 29.2 Å². The lowest BCUT2D eigenvalue weighted by Crippen LogP contribution is -2.52. The third-order valence-electron chi connectivity index (χ3n) is 4.34. The van der Waals surface area contributed by atoms with Gasteiger partial charge in [0.1, 0.15) is 12.3 Å². The maximum absolute atomic E-state index is 12.3. The van der Waals surface area contributed by atoms with Crippen molar-refractivity contribution in [3.63, 3.8) is 0 Å². The molecule has 1 aliphatic heterocycles. The summed E-state index contributed by atoms with van der Waals surface area (Å²) in [6.45, 7) is 0.208. The normalized spacial score (nSPS) is 17.3. The minimum Gasteiger partial charge on any atom is -0.491 e. The zero-order chi connectivity index (χ0) is 17.6. The molecule has 3 N–H and O–H groups in total. The van der Waals surface area contributed by atoms with Gasteiger partial charge in [0.2, 0.25) is 5.91 Å². The summed E-state index contributed by atoms with van der Waals surface area (Å²) in [6, 6.07) is 7.57. The van der Waals surface area contributed by atoms with E-state index in [4.69, 9.17) is 17.0 Å². The van der Waals surface area contributed by atoms with Gasteiger partial charge in [-0.3, -0.25) is 25.3 Å². The van der Waals surface area contributed by atoms with Crippen LogP contribution in [0.15, 0.2) is 24.3 Å². The Morgan fingerprint density at radius 1 is 1.24 bits per heavy atom. The third kappa shape index (κ3) is 4.60. The van der Waals surface area contributed by atoms with Crippen LogP contribution in [0.3, 0.4) is 0 Å². The Balaban J connectivity index is 1.54. The number of carbonyl (C=O) groups excluding carboxylic acids is 2. The molecule has 1 aromatic carbocycles. The van der Waals surface area contributed by atoms with Gasteiger partial charge in [0.05, 0.1) is 18.7 Å². The zero-order valence-electron chi connectivity index (χ0n) is 13.9. The molecule has 2 aliphatic rings. The average Bonchev–Trinajstić information content (AvgIpc) is 3.06. The SMILES string of the molecule is O=C(CN1C(=O)CCOc2ccccc21)NNC(=S)NC1CCCC1. The molecule has 0 radical (unpaired) electrons. The highest BCUT2D eigenvalue weighted by Gasteiger charge is 2.25. The summed E-state index contributed by atoms with van der Waals surface area (Å²) >= 11 is 5.18. The highest BCUT2D eigenvalue weighted by Crippen LogP contribution is 2.30. The molecule has 1 fully saturated rings. The van der Waals surface area contributed by atoms with Crippen molar-refractivity contribution in [2.45, 2.75) is 38.1 Å². The van der Waals surface area contributed by atoms with Gasteiger partial charge in [-0.2, -0.15) is 0 Å². The minimum absolute atomic E-state index is 0.0990. The number of nitrogens with one attached hydrogen (secondary N) is 3. The second-order valence-corrected chi connectivity index (χ2v) is 6.58. The Morgan fingerprint density at radius 3 is 2.80 bits per heavy atom. The van der Waals surface area contributed by atoms with E-state index in [1.54, 1.807) is 12.1 Å². The van der Waals surface area contributed by atoms with Gasteiger partial charge in [-0.05, 0) is 37.2 Å². The van der Waals surface area contributed by atoms with Crippen LogP contribution in [0.4, 0.5) is 5.69 Å². The van der Waals surface area contributed by atoms with E-state index in [9.17, 15) is 9.59 Å². The third-order valence-corrected chi connectivity index (χ3v) is 4.56. The van der Waals surface area contributed by atoms with Crippen LogP contribution in [0.5, 0.6) is 5.75 Å². The van der Waals surface area contributed by atoms with Crippen LogP contribution in [0.25, 0.3) is 0 Å². The van der Waals surface area contributed by atoms with E-state index in [1.165, 1.54) is 17.7 Å². The van der Waals surface area contributed by atoms with Crippen molar-refractivity contribution in [3.8, 4) is 5.75 Å². The lowest BCUT2D eigenvalue weighted by Gasteiger charge is -2.22. The van der Waals surface area contributed by atoms with Gasteiger partial charge in [0.15, 0.2) is 5.11 Å². The molecule has 0 aromatic heterocycles. The molecular weight excluding hydrogens is 340 g/mol. The number of hydrazine groups is 1. The van der Waals surface area contributed by atoms with E-state index in [1.807, 2.05) is 12.1 Å². The van der Waals surface area contributed by atoms with Crippen LogP contribution in [0.1, 0.15) is 32.1 Å². The Morgan fingerprint density at radius 2 is 2.00 bits per heavy atom. The first-order valence-corrected chi connectivity index (χ1v) is 8.92. The second kappa shape index (κ2) is 8.15. The number of nitrogens with zero attached hydrogens (tertiary/aromatic N) is 1. The van der Waals surface area contributed by atoms with E-state index in [2.05, 4.69) is 16.2 Å². The maximum atomic E-state index is 12.3. The van der Waals surface area contributed by atoms with Gasteiger partial charge in [-0.25, -0.2) is 0 Å². The molecule has 0 atom stereocenters. The Bertz CT molecular complexity index is 661. The van der Waals surface area contributed by atoms with Crippen LogP contribution >= 0.6 is 12.2 Å². The molecule has 1 aromatic rings. The highest BCUT2D eigenvalue weighted by molar-refractivity contribution is 7.80. The molecule has 8 heteroatoms. The summed E-state index contributed by atoms with van der Waals surface area (Å²) in [5.74, 6) is 0.111. The van der Waals surface area contributed by atoms with Crippen LogP contribution in [0, 0.1) is 0 Å². The number of carbonyl (C=O) groups is 2. The summed E-state index contributed by atoms with van der Waals surface area (Å²) in [5, 5.41) is 3.57. The van der Waals surface area contributed by atoms with Gasteiger partial charge in [0.25, 0.3) is 5.91 Å². The minimum atomic E-state index is -0.347. The van der Waals surface area contributed by atoms with Crippen molar-refractivity contribution in [3.05, 3.63) is 24.3 Å². The molecule has 0 saturated heterocycles. The molecule has 25 heavy (non-hydrogen) atoms. The fourth-order valence-corrected chi connectivity index (χ4v) is 3.31. The Kier molecular flexibility index (Phi) is 5.70. The van der Waals surface area contributed by atoms with E-state index < -0.39 is 0 Å². The summed E-state index contributed by atoms with van der Waals surface area (Å²) in [6.07, 6.45) is 4.82. The van der Waals surface area contributed by atoms with E-state index in [-0.39, 0.29) is 24.8 Å². The zero-order valence-corrected chi connectivity index (χ0v) is 14.7. The molecule has 1 saturated carbocycles. The van der Waals surface area contributed by atoms with Gasteiger partial charge >= 0.3 is 0 Å². The monoisotopic (exact) mass is 362 g/mol. The number of fused-ring (bicyclic) bond motifs is 1. The topological polar surface area (TPSA) is 82.7 Å². The number of ether oxygens (including phenoxy) is 1. The average molecular weight is 362 g/mol. The van der Waals surface area contributed by atoms with Crippen molar-refractivity contribution in [1.29, 1.82) is 0 Å². The number of amides is 2. The predicted molar refractivity (Wildman–Crippen MR) is 98.2 cm³/mol. The number of benzene rings is 1. The molecule has 0 unspecified atom stereocenters. The number of para-hydroxylation sites is 2. The summed E-state index contributed by atoms with van der Waals surface area (Å²) in [4.78, 5) is 26.0. The quantitative estimate of drug-likeness (QED) is 0.554. The number of hydrogen-bond donors (Lipinski definition) is 3. The fraction of sp³-hybridized carbons (Fsp3) is 0.471. The van der Waals surface area contributed by atoms with Crippen molar-refractivity contribution >= 4 is 34.8 Å². The molecular formula is C17H22N4O3S. The molecule has 134 valence electrons. The lowest BCUT2D eigenvalue weighted by atomic mass is 10.2. The molecule has 1 heterocycles. The first kappa shape index (κ1) is 17.5. The van der Waals surface area contributed by atoms with Crippen molar-refractivity contribution < 1.29 is 14.3 Å². The number of anilines is 1. The van der Waals surface area contributed by atoms with E-state index >= 15 is 0 Å². The molecule has 7 nitrogen and oxygen atoms in total. The molecule has 2 amide bonds. The van der Waals surface area contributed by atoms with Gasteiger partial charge in [0, 0.05) is 6.04 Å². The smallest absolute Gasteiger partial charge is 0.258 e. The summed E-state index contributed by atoms with van der Waals surface area (Å²) in [7, 11) is 0. The van der Waals surface area contributed by atoms with Gasteiger partial charge in [-0.15, -0.1) is 0 Å². The fourth-order valence-electron chi connectivity index (χ4n) is 3.09. The van der Waals surface area contributed by atoms with Crippen LogP contribution in [-0.2, 0) is 9.59 Å². The van der Waals surface area contributed by atoms with Gasteiger partial charge < -0.3 is 10.1 Å². The molecule has 0 spiro atoms. The Hall–Kier alpha value is -2.35. The number of thiocarbonyl (C=S) groups is 1. The van der Waals surface area contributed by atoms with Gasteiger partial charge in [-0.1, -0.05) is 25.0 Å². The lowest BCUT2D eigenvalue weighted by molar-refractivity contribution is -0.124. The molecule has 3 rings (SSSR count). The van der Waals surface area contributed by atoms with Crippen molar-refractivity contribution in [2.24, 2.45) is 0 Å².